The highest BCUT2D eigenvalue weighted by atomic mass is 16.7. The van der Waals surface area contributed by atoms with Gasteiger partial charge in [-0.25, -0.2) is 4.79 Å². The predicted octanol–water partition coefficient (Wildman–Crippen LogP) is 2.55. The Morgan fingerprint density at radius 3 is 2.85 bits per heavy atom. The third kappa shape index (κ3) is 3.91. The number of hydrogen-bond donors (Lipinski definition) is 0. The monoisotopic (exact) mass is 371 g/mol. The number of amides is 2. The van der Waals surface area contributed by atoms with Gasteiger partial charge in [0.25, 0.3) is 5.91 Å². The van der Waals surface area contributed by atoms with Crippen LogP contribution in [0.5, 0.6) is 0 Å². The number of benzene rings is 1. The highest BCUT2D eigenvalue weighted by Crippen LogP contribution is 2.35. The third-order valence-corrected chi connectivity index (χ3v) is 5.50. The van der Waals surface area contributed by atoms with E-state index in [-0.39, 0.29) is 18.6 Å². The summed E-state index contributed by atoms with van der Waals surface area (Å²) < 4.78 is 5.44. The van der Waals surface area contributed by atoms with Crippen molar-refractivity contribution in [1.29, 1.82) is 0 Å². The first-order valence-electron chi connectivity index (χ1n) is 9.54. The molecule has 27 heavy (non-hydrogen) atoms. The van der Waals surface area contributed by atoms with E-state index in [0.717, 1.165) is 31.2 Å². The summed E-state index contributed by atoms with van der Waals surface area (Å²) in [5.41, 5.74) is 0.817. The van der Waals surface area contributed by atoms with Crippen LogP contribution in [0.3, 0.4) is 0 Å². The molecule has 2 heterocycles. The Balaban J connectivity index is 1.33. The van der Waals surface area contributed by atoms with Crippen molar-refractivity contribution in [2.45, 2.75) is 50.4 Å². The minimum atomic E-state index is -0.598. The Morgan fingerprint density at radius 2 is 2.11 bits per heavy atom. The van der Waals surface area contributed by atoms with Gasteiger partial charge in [-0.3, -0.25) is 4.79 Å². The minimum Gasteiger partial charge on any atom is -0.445 e. The summed E-state index contributed by atoms with van der Waals surface area (Å²) in [6.45, 7) is 1.27. The molecule has 0 radical (unpaired) electrons. The second-order valence-electron chi connectivity index (χ2n) is 7.70. The fraction of sp³-hybridized carbons (Fsp3) is 0.550. The van der Waals surface area contributed by atoms with Crippen molar-refractivity contribution in [3.63, 3.8) is 0 Å². The first-order valence-corrected chi connectivity index (χ1v) is 9.54. The molecule has 2 aliphatic heterocycles. The Bertz CT molecular complexity index is 747. The summed E-state index contributed by atoms with van der Waals surface area (Å²) in [6.07, 6.45) is 3.80. The SMILES string of the molecule is CN(C(=O)C1=NOC2(CCCN(C(=O)OCc3ccccc3)C2)C1)C1CC1. The van der Waals surface area contributed by atoms with E-state index in [9.17, 15) is 9.59 Å². The summed E-state index contributed by atoms with van der Waals surface area (Å²) in [5.74, 6) is -0.0573. The van der Waals surface area contributed by atoms with Crippen molar-refractivity contribution in [3.05, 3.63) is 35.9 Å². The first kappa shape index (κ1) is 17.8. The lowest BCUT2D eigenvalue weighted by atomic mass is 9.88. The fourth-order valence-electron chi connectivity index (χ4n) is 3.75. The maximum absolute atomic E-state index is 12.5. The molecule has 0 bridgehead atoms. The molecular formula is C20H25N3O4. The van der Waals surface area contributed by atoms with E-state index in [1.54, 1.807) is 9.80 Å². The van der Waals surface area contributed by atoms with E-state index in [0.29, 0.717) is 31.3 Å². The van der Waals surface area contributed by atoms with E-state index in [2.05, 4.69) is 5.16 Å². The van der Waals surface area contributed by atoms with Crippen molar-refractivity contribution in [3.8, 4) is 0 Å². The van der Waals surface area contributed by atoms with E-state index < -0.39 is 5.60 Å². The van der Waals surface area contributed by atoms with Crippen LogP contribution >= 0.6 is 0 Å². The number of hydrogen-bond acceptors (Lipinski definition) is 5. The second-order valence-corrected chi connectivity index (χ2v) is 7.70. The summed E-state index contributed by atoms with van der Waals surface area (Å²) in [6, 6.07) is 9.95. The molecule has 3 aliphatic rings. The lowest BCUT2D eigenvalue weighted by Crippen LogP contribution is -2.51. The molecule has 144 valence electrons. The van der Waals surface area contributed by atoms with Crippen LogP contribution in [0.1, 0.15) is 37.7 Å². The summed E-state index contributed by atoms with van der Waals surface area (Å²) in [7, 11) is 1.82. The van der Waals surface area contributed by atoms with Crippen LogP contribution in [0.2, 0.25) is 0 Å². The van der Waals surface area contributed by atoms with Gasteiger partial charge in [0.1, 0.15) is 12.3 Å². The van der Waals surface area contributed by atoms with Crippen LogP contribution in [0, 0.1) is 0 Å². The molecule has 7 nitrogen and oxygen atoms in total. The average molecular weight is 371 g/mol. The minimum absolute atomic E-state index is 0.0573. The van der Waals surface area contributed by atoms with Gasteiger partial charge in [0.15, 0.2) is 5.60 Å². The van der Waals surface area contributed by atoms with Gasteiger partial charge in [-0.15, -0.1) is 0 Å². The van der Waals surface area contributed by atoms with Crippen LogP contribution in [-0.4, -0.2) is 59.3 Å². The predicted molar refractivity (Wildman–Crippen MR) is 99.1 cm³/mol. The number of nitrogens with zero attached hydrogens (tertiary/aromatic N) is 3. The molecule has 4 rings (SSSR count). The molecule has 0 aromatic heterocycles. The van der Waals surface area contributed by atoms with E-state index in [1.165, 1.54) is 0 Å². The van der Waals surface area contributed by atoms with Crippen LogP contribution in [0.4, 0.5) is 4.79 Å². The van der Waals surface area contributed by atoms with E-state index in [1.807, 2.05) is 37.4 Å². The van der Waals surface area contributed by atoms with Crippen LogP contribution in [0.25, 0.3) is 0 Å². The Morgan fingerprint density at radius 1 is 1.33 bits per heavy atom. The van der Waals surface area contributed by atoms with E-state index in [4.69, 9.17) is 9.57 Å². The zero-order chi connectivity index (χ0) is 18.9. The number of carbonyl (C=O) groups excluding carboxylic acids is 2. The Kier molecular flexibility index (Phi) is 4.76. The van der Waals surface area contributed by atoms with Gasteiger partial charge in [0.05, 0.1) is 6.54 Å². The van der Waals surface area contributed by atoms with Crippen LogP contribution in [-0.2, 0) is 21.0 Å². The molecule has 1 spiro atoms. The maximum Gasteiger partial charge on any atom is 0.410 e. The summed E-state index contributed by atoms with van der Waals surface area (Å²) in [4.78, 5) is 34.1. The largest absolute Gasteiger partial charge is 0.445 e. The van der Waals surface area contributed by atoms with Gasteiger partial charge < -0.3 is 19.4 Å². The van der Waals surface area contributed by atoms with Gasteiger partial charge in [0.2, 0.25) is 0 Å². The van der Waals surface area contributed by atoms with Crippen molar-refractivity contribution >= 4 is 17.7 Å². The highest BCUT2D eigenvalue weighted by molar-refractivity contribution is 6.39. The molecule has 2 fully saturated rings. The van der Waals surface area contributed by atoms with Gasteiger partial charge in [-0.2, -0.15) is 0 Å². The number of ether oxygens (including phenoxy) is 1. The molecule has 1 aromatic rings. The Labute approximate surface area is 158 Å². The zero-order valence-corrected chi connectivity index (χ0v) is 15.6. The van der Waals surface area contributed by atoms with Gasteiger partial charge in [-0.1, -0.05) is 35.5 Å². The van der Waals surface area contributed by atoms with Crippen LogP contribution in [0.15, 0.2) is 35.5 Å². The summed E-state index contributed by atoms with van der Waals surface area (Å²) in [5, 5.41) is 4.08. The normalized spacial score (nSPS) is 24.3. The maximum atomic E-state index is 12.5. The molecule has 1 aromatic carbocycles. The van der Waals surface area contributed by atoms with Gasteiger partial charge in [0, 0.05) is 26.1 Å². The van der Waals surface area contributed by atoms with Crippen molar-refractivity contribution in [2.75, 3.05) is 20.1 Å². The summed E-state index contributed by atoms with van der Waals surface area (Å²) >= 11 is 0. The lowest BCUT2D eigenvalue weighted by Gasteiger charge is -2.37. The molecular weight excluding hydrogens is 346 g/mol. The molecule has 1 aliphatic carbocycles. The number of oxime groups is 1. The quantitative estimate of drug-likeness (QED) is 0.815. The van der Waals surface area contributed by atoms with Crippen molar-refractivity contribution in [2.24, 2.45) is 5.16 Å². The topological polar surface area (TPSA) is 71.4 Å². The standard InChI is InChI=1S/C20H25N3O4/c1-22(16-8-9-16)18(24)17-12-20(27-21-17)10-5-11-23(14-20)19(25)26-13-15-6-3-2-4-7-15/h2-4,6-7,16H,5,8-14H2,1H3. The van der Waals surface area contributed by atoms with Crippen molar-refractivity contribution in [1.82, 2.24) is 9.80 Å². The molecule has 1 saturated heterocycles. The number of piperidine rings is 1. The van der Waals surface area contributed by atoms with E-state index >= 15 is 0 Å². The zero-order valence-electron chi connectivity index (χ0n) is 15.6. The fourth-order valence-corrected chi connectivity index (χ4v) is 3.75. The van der Waals surface area contributed by atoms with Gasteiger partial charge in [-0.05, 0) is 31.2 Å². The third-order valence-electron chi connectivity index (χ3n) is 5.50. The lowest BCUT2D eigenvalue weighted by molar-refractivity contribution is -0.123. The average Bonchev–Trinajstić information content (AvgIpc) is 3.48. The number of carbonyl (C=O) groups is 2. The molecule has 7 heteroatoms. The number of likely N-dealkylation sites (tertiary alicyclic amines) is 1. The number of rotatable bonds is 4. The van der Waals surface area contributed by atoms with Crippen LogP contribution < -0.4 is 0 Å². The smallest absolute Gasteiger partial charge is 0.410 e. The molecule has 1 unspecified atom stereocenters. The molecule has 2 amide bonds. The Hall–Kier alpha value is -2.57. The molecule has 0 N–H and O–H groups in total. The molecule has 1 saturated carbocycles. The van der Waals surface area contributed by atoms with Crippen molar-refractivity contribution < 1.29 is 19.2 Å². The molecule has 1 atom stereocenters. The highest BCUT2D eigenvalue weighted by Gasteiger charge is 2.47. The second kappa shape index (κ2) is 7.21. The van der Waals surface area contributed by atoms with Gasteiger partial charge >= 0.3 is 6.09 Å². The first-order chi connectivity index (χ1) is 13.1.